The summed E-state index contributed by atoms with van der Waals surface area (Å²) in [5.74, 6) is 1.21. The monoisotopic (exact) mass is 355 g/mol. The Morgan fingerprint density at radius 1 is 1.04 bits per heavy atom. The van der Waals surface area contributed by atoms with Gasteiger partial charge >= 0.3 is 0 Å². The van der Waals surface area contributed by atoms with Gasteiger partial charge in [-0.2, -0.15) is 0 Å². The summed E-state index contributed by atoms with van der Waals surface area (Å²) in [6.07, 6.45) is 8.36. The van der Waals surface area contributed by atoms with Crippen molar-refractivity contribution in [2.75, 3.05) is 42.5 Å². The number of nitrogens with zero attached hydrogens (tertiary/aromatic N) is 3. The number of carbonyl (C=O) groups is 1. The first kappa shape index (κ1) is 17.8. The largest absolute Gasteiger partial charge is 0.371 e. The molecule has 3 aliphatic heterocycles. The molecule has 142 valence electrons. The van der Waals surface area contributed by atoms with E-state index < -0.39 is 0 Å². The lowest BCUT2D eigenvalue weighted by molar-refractivity contribution is -0.117. The zero-order valence-electron chi connectivity index (χ0n) is 16.2. The molecule has 0 aliphatic carbocycles. The molecule has 4 nitrogen and oxygen atoms in total. The highest BCUT2D eigenvalue weighted by molar-refractivity contribution is 5.95. The summed E-state index contributed by atoms with van der Waals surface area (Å²) in [6, 6.07) is 9.39. The van der Waals surface area contributed by atoms with Crippen molar-refractivity contribution in [2.24, 2.45) is 5.92 Å². The smallest absolute Gasteiger partial charge is 0.227 e. The highest BCUT2D eigenvalue weighted by Gasteiger charge is 2.30. The van der Waals surface area contributed by atoms with Crippen LogP contribution in [-0.4, -0.2) is 49.6 Å². The first-order valence-electron chi connectivity index (χ1n) is 10.6. The van der Waals surface area contributed by atoms with Gasteiger partial charge in [0.2, 0.25) is 5.91 Å². The van der Waals surface area contributed by atoms with Gasteiger partial charge in [-0.1, -0.05) is 19.4 Å². The van der Waals surface area contributed by atoms with Crippen LogP contribution in [-0.2, 0) is 4.79 Å². The molecule has 1 aromatic rings. The third kappa shape index (κ3) is 3.75. The van der Waals surface area contributed by atoms with Crippen molar-refractivity contribution >= 4 is 17.3 Å². The lowest BCUT2D eigenvalue weighted by Crippen LogP contribution is -2.44. The van der Waals surface area contributed by atoms with Crippen LogP contribution in [0.2, 0.25) is 0 Å². The van der Waals surface area contributed by atoms with E-state index in [1.54, 1.807) is 0 Å². The average molecular weight is 356 g/mol. The normalized spacial score (nSPS) is 25.4. The van der Waals surface area contributed by atoms with Crippen molar-refractivity contribution in [3.8, 4) is 0 Å². The van der Waals surface area contributed by atoms with Crippen LogP contribution in [0.15, 0.2) is 24.3 Å². The summed E-state index contributed by atoms with van der Waals surface area (Å²) in [7, 11) is 0. The van der Waals surface area contributed by atoms with Crippen LogP contribution in [0.1, 0.15) is 51.9 Å². The van der Waals surface area contributed by atoms with Crippen LogP contribution in [0.3, 0.4) is 0 Å². The van der Waals surface area contributed by atoms with Gasteiger partial charge < -0.3 is 9.80 Å². The maximum atomic E-state index is 12.0. The van der Waals surface area contributed by atoms with Gasteiger partial charge in [-0.25, -0.2) is 0 Å². The quantitative estimate of drug-likeness (QED) is 0.801. The molecule has 1 aromatic carbocycles. The fourth-order valence-electron chi connectivity index (χ4n) is 5.11. The molecule has 0 bridgehead atoms. The third-order valence-corrected chi connectivity index (χ3v) is 6.58. The minimum absolute atomic E-state index is 0.275. The van der Waals surface area contributed by atoms with Crippen LogP contribution in [0.25, 0.3) is 0 Å². The van der Waals surface area contributed by atoms with Gasteiger partial charge in [0.25, 0.3) is 0 Å². The van der Waals surface area contributed by atoms with E-state index in [1.165, 1.54) is 50.9 Å². The van der Waals surface area contributed by atoms with Gasteiger partial charge in [0, 0.05) is 50.0 Å². The highest BCUT2D eigenvalue weighted by Crippen LogP contribution is 2.30. The molecule has 0 N–H and O–H groups in total. The molecule has 0 unspecified atom stereocenters. The fourth-order valence-corrected chi connectivity index (χ4v) is 5.11. The molecule has 3 fully saturated rings. The van der Waals surface area contributed by atoms with Gasteiger partial charge in [0.15, 0.2) is 0 Å². The second kappa shape index (κ2) is 7.99. The Labute approximate surface area is 158 Å². The van der Waals surface area contributed by atoms with E-state index in [-0.39, 0.29) is 5.91 Å². The van der Waals surface area contributed by atoms with Gasteiger partial charge in [0.05, 0.1) is 0 Å². The van der Waals surface area contributed by atoms with Gasteiger partial charge in [-0.3, -0.25) is 9.69 Å². The van der Waals surface area contributed by atoms with E-state index in [0.29, 0.717) is 6.42 Å². The molecular weight excluding hydrogens is 322 g/mol. The lowest BCUT2D eigenvalue weighted by Gasteiger charge is -2.38. The number of carbonyl (C=O) groups excluding carboxylic acids is 1. The number of hydrogen-bond acceptors (Lipinski definition) is 3. The van der Waals surface area contributed by atoms with Crippen LogP contribution >= 0.6 is 0 Å². The lowest BCUT2D eigenvalue weighted by atomic mass is 10.0. The van der Waals surface area contributed by atoms with Crippen molar-refractivity contribution in [1.29, 1.82) is 0 Å². The Morgan fingerprint density at radius 3 is 2.58 bits per heavy atom. The number of rotatable bonds is 5. The van der Waals surface area contributed by atoms with E-state index in [4.69, 9.17) is 0 Å². The number of likely N-dealkylation sites (tertiary alicyclic amines) is 1. The highest BCUT2D eigenvalue weighted by atomic mass is 16.2. The Hall–Kier alpha value is -1.55. The summed E-state index contributed by atoms with van der Waals surface area (Å²) < 4.78 is 0. The standard InChI is InChI=1S/C22H33N3O/c1-2-5-18-9-13-24(17-18)19-10-14-23(15-11-19)20-6-3-7-21(16-20)25-12-4-8-22(25)26/h3,6-7,16,18-19H,2,4-5,8-15,17H2,1H3/t18-/m1/s1. The predicted octanol–water partition coefficient (Wildman–Crippen LogP) is 3.90. The van der Waals surface area contributed by atoms with E-state index in [0.717, 1.165) is 43.7 Å². The van der Waals surface area contributed by atoms with Gasteiger partial charge in [0.1, 0.15) is 0 Å². The topological polar surface area (TPSA) is 26.8 Å². The molecule has 1 amide bonds. The third-order valence-electron chi connectivity index (χ3n) is 6.58. The number of hydrogen-bond donors (Lipinski definition) is 0. The summed E-state index contributed by atoms with van der Waals surface area (Å²) in [6.45, 7) is 8.09. The van der Waals surface area contributed by atoms with E-state index in [2.05, 4.69) is 41.0 Å². The zero-order chi connectivity index (χ0) is 17.9. The maximum absolute atomic E-state index is 12.0. The van der Waals surface area contributed by atoms with Crippen molar-refractivity contribution in [2.45, 2.75) is 57.9 Å². The molecule has 3 aliphatic rings. The first-order chi connectivity index (χ1) is 12.7. The molecule has 0 spiro atoms. The average Bonchev–Trinajstić information content (AvgIpc) is 3.31. The fraction of sp³-hybridized carbons (Fsp3) is 0.682. The minimum Gasteiger partial charge on any atom is -0.371 e. The van der Waals surface area contributed by atoms with Crippen LogP contribution in [0, 0.1) is 5.92 Å². The van der Waals surface area contributed by atoms with Crippen LogP contribution in [0.4, 0.5) is 11.4 Å². The second-order valence-corrected chi connectivity index (χ2v) is 8.33. The number of amides is 1. The number of benzene rings is 1. The maximum Gasteiger partial charge on any atom is 0.227 e. The predicted molar refractivity (Wildman–Crippen MR) is 108 cm³/mol. The zero-order valence-corrected chi connectivity index (χ0v) is 16.2. The van der Waals surface area contributed by atoms with Crippen molar-refractivity contribution in [3.63, 3.8) is 0 Å². The summed E-state index contributed by atoms with van der Waals surface area (Å²) in [5.41, 5.74) is 2.36. The minimum atomic E-state index is 0.275. The molecule has 4 rings (SSSR count). The Morgan fingerprint density at radius 2 is 1.85 bits per heavy atom. The van der Waals surface area contributed by atoms with E-state index in [1.807, 2.05) is 4.90 Å². The molecule has 0 saturated carbocycles. The molecule has 3 saturated heterocycles. The Balaban J connectivity index is 1.34. The van der Waals surface area contributed by atoms with Crippen LogP contribution < -0.4 is 9.80 Å². The van der Waals surface area contributed by atoms with Gasteiger partial charge in [-0.05, 0) is 62.8 Å². The molecule has 3 heterocycles. The molecule has 4 heteroatoms. The second-order valence-electron chi connectivity index (χ2n) is 8.33. The summed E-state index contributed by atoms with van der Waals surface area (Å²) in [5, 5.41) is 0. The molecule has 0 radical (unpaired) electrons. The Bertz CT molecular complexity index is 624. The van der Waals surface area contributed by atoms with Crippen molar-refractivity contribution in [3.05, 3.63) is 24.3 Å². The van der Waals surface area contributed by atoms with E-state index >= 15 is 0 Å². The molecule has 0 aromatic heterocycles. The number of anilines is 2. The molecular formula is C22H33N3O. The van der Waals surface area contributed by atoms with Crippen molar-refractivity contribution in [1.82, 2.24) is 4.90 Å². The van der Waals surface area contributed by atoms with E-state index in [9.17, 15) is 4.79 Å². The summed E-state index contributed by atoms with van der Waals surface area (Å²) in [4.78, 5) is 19.3. The first-order valence-corrected chi connectivity index (χ1v) is 10.6. The molecule has 1 atom stereocenters. The van der Waals surface area contributed by atoms with Gasteiger partial charge in [-0.15, -0.1) is 0 Å². The Kier molecular flexibility index (Phi) is 5.49. The molecule has 26 heavy (non-hydrogen) atoms. The SMILES string of the molecule is CCC[C@@H]1CCN(C2CCN(c3cccc(N4CCCC4=O)c3)CC2)C1. The van der Waals surface area contributed by atoms with Crippen LogP contribution in [0.5, 0.6) is 0 Å². The van der Waals surface area contributed by atoms with Crippen molar-refractivity contribution < 1.29 is 4.79 Å². The summed E-state index contributed by atoms with van der Waals surface area (Å²) >= 11 is 0. The number of piperidine rings is 1.